The molecule has 2 aliphatic rings. The number of hydrogen-bond acceptors (Lipinski definition) is 2. The van der Waals surface area contributed by atoms with Crippen molar-refractivity contribution in [3.63, 3.8) is 0 Å². The molecule has 0 amide bonds. The summed E-state index contributed by atoms with van der Waals surface area (Å²) in [5, 5.41) is 2.51. The maximum absolute atomic E-state index is 7.38. The van der Waals surface area contributed by atoms with Crippen molar-refractivity contribution in [2.24, 2.45) is 0 Å². The van der Waals surface area contributed by atoms with Gasteiger partial charge in [0.05, 0.1) is 0 Å². The van der Waals surface area contributed by atoms with E-state index >= 15 is 0 Å². The fraction of sp³-hybridized carbons (Fsp3) is 0.100. The summed E-state index contributed by atoms with van der Waals surface area (Å²) in [6.07, 6.45) is 6.48. The third-order valence-corrected chi connectivity index (χ3v) is 8.73. The topological polar surface area (TPSA) is 18.5 Å². The zero-order valence-electron chi connectivity index (χ0n) is 23.5. The average Bonchev–Trinajstić information content (AvgIpc) is 3.05. The first-order valence-corrected chi connectivity index (χ1v) is 14.6. The molecule has 1 aliphatic carbocycles. The molecule has 6 aromatic rings. The van der Waals surface area contributed by atoms with Crippen LogP contribution in [0.1, 0.15) is 33.4 Å². The third-order valence-electron chi connectivity index (χ3n) is 8.73. The zero-order chi connectivity index (χ0) is 28.1. The first-order valence-electron chi connectivity index (χ1n) is 14.6. The Morgan fingerprint density at radius 3 is 2.05 bits per heavy atom. The van der Waals surface area contributed by atoms with E-state index in [9.17, 15) is 0 Å². The van der Waals surface area contributed by atoms with E-state index in [0.29, 0.717) is 0 Å². The van der Waals surface area contributed by atoms with Gasteiger partial charge in [-0.25, -0.2) is 0 Å². The Morgan fingerprint density at radius 2 is 1.26 bits per heavy atom. The predicted octanol–water partition coefficient (Wildman–Crippen LogP) is 10.1. The van der Waals surface area contributed by atoms with Gasteiger partial charge in [0.15, 0.2) is 5.60 Å². The molecular formula is C40H30O2. The van der Waals surface area contributed by atoms with Crippen molar-refractivity contribution in [3.05, 3.63) is 167 Å². The number of benzene rings is 6. The molecule has 0 aromatic heterocycles. The maximum Gasteiger partial charge on any atom is 0.178 e. The molecule has 8 rings (SSSR count). The second-order valence-electron chi connectivity index (χ2n) is 11.3. The van der Waals surface area contributed by atoms with Crippen LogP contribution in [-0.4, -0.2) is 0 Å². The van der Waals surface area contributed by atoms with Gasteiger partial charge in [-0.15, -0.1) is 0 Å². The van der Waals surface area contributed by atoms with Gasteiger partial charge in [-0.2, -0.15) is 0 Å². The molecule has 0 saturated heterocycles. The monoisotopic (exact) mass is 542 g/mol. The molecule has 2 nitrogen and oxygen atoms in total. The van der Waals surface area contributed by atoms with Crippen molar-refractivity contribution in [1.82, 2.24) is 0 Å². The van der Waals surface area contributed by atoms with Gasteiger partial charge >= 0.3 is 0 Å². The quantitative estimate of drug-likeness (QED) is 0.221. The van der Waals surface area contributed by atoms with Crippen LogP contribution in [0.3, 0.4) is 0 Å². The van der Waals surface area contributed by atoms with Gasteiger partial charge in [0.25, 0.3) is 0 Å². The smallest absolute Gasteiger partial charge is 0.178 e. The fourth-order valence-electron chi connectivity index (χ4n) is 6.64. The van der Waals surface area contributed by atoms with Gasteiger partial charge in [0.2, 0.25) is 0 Å². The predicted molar refractivity (Wildman–Crippen MR) is 171 cm³/mol. The Kier molecular flexibility index (Phi) is 5.75. The number of aryl methyl sites for hydroxylation is 2. The summed E-state index contributed by atoms with van der Waals surface area (Å²) in [6, 6.07) is 44.6. The van der Waals surface area contributed by atoms with Crippen molar-refractivity contribution in [2.75, 3.05) is 0 Å². The molecule has 0 radical (unpaired) electrons. The summed E-state index contributed by atoms with van der Waals surface area (Å²) in [5.74, 6) is 2.61. The fourth-order valence-corrected chi connectivity index (χ4v) is 6.64. The number of para-hydroxylation sites is 1. The van der Waals surface area contributed by atoms with Crippen LogP contribution in [0.25, 0.3) is 28.0 Å². The Morgan fingerprint density at radius 1 is 0.619 bits per heavy atom. The van der Waals surface area contributed by atoms with Gasteiger partial charge in [-0.3, -0.25) is 0 Å². The van der Waals surface area contributed by atoms with Crippen molar-refractivity contribution < 1.29 is 9.47 Å². The van der Waals surface area contributed by atoms with Crippen LogP contribution < -0.4 is 9.47 Å². The minimum atomic E-state index is -0.779. The van der Waals surface area contributed by atoms with Crippen LogP contribution in [-0.2, 0) is 18.4 Å². The van der Waals surface area contributed by atoms with E-state index in [1.54, 1.807) is 0 Å². The van der Waals surface area contributed by atoms with Gasteiger partial charge in [-0.05, 0) is 83.6 Å². The highest BCUT2D eigenvalue weighted by molar-refractivity contribution is 6.06. The standard InChI is InChI=1S/C40H30O2/c1-27-15-18-29(19-16-27)40(30-20-22-32(23-21-30)41-31-10-3-2-4-11-31)26-25-36-34-13-7-8-14-35(34)38-33-12-6-5-9-28(33)17-24-37(38)39(36)42-40/h2-16,18-23,25-26H,17,24H2,1H3. The van der Waals surface area contributed by atoms with Gasteiger partial charge < -0.3 is 9.47 Å². The van der Waals surface area contributed by atoms with Crippen LogP contribution in [0.15, 0.2) is 133 Å². The van der Waals surface area contributed by atoms with Crippen LogP contribution in [0.2, 0.25) is 0 Å². The van der Waals surface area contributed by atoms with Crippen LogP contribution in [0.4, 0.5) is 0 Å². The number of ether oxygens (including phenoxy) is 2. The summed E-state index contributed by atoms with van der Waals surface area (Å²) in [5.41, 5.74) is 9.10. The average molecular weight is 543 g/mol. The first-order chi connectivity index (χ1) is 20.7. The minimum absolute atomic E-state index is 0.779. The molecule has 1 atom stereocenters. The summed E-state index contributed by atoms with van der Waals surface area (Å²) in [6.45, 7) is 2.12. The van der Waals surface area contributed by atoms with Crippen molar-refractivity contribution >= 4 is 16.8 Å². The number of fused-ring (bicyclic) bond motifs is 8. The van der Waals surface area contributed by atoms with Crippen LogP contribution in [0, 0.1) is 6.92 Å². The molecule has 2 heteroatoms. The van der Waals surface area contributed by atoms with Crippen molar-refractivity contribution in [3.8, 4) is 28.4 Å². The molecule has 0 bridgehead atoms. The van der Waals surface area contributed by atoms with E-state index in [4.69, 9.17) is 9.47 Å². The summed E-state index contributed by atoms with van der Waals surface area (Å²) < 4.78 is 13.5. The zero-order valence-corrected chi connectivity index (χ0v) is 23.5. The molecule has 6 aromatic carbocycles. The van der Waals surface area contributed by atoms with E-state index in [1.165, 1.54) is 38.6 Å². The third kappa shape index (κ3) is 3.94. The van der Waals surface area contributed by atoms with E-state index < -0.39 is 5.60 Å². The molecule has 42 heavy (non-hydrogen) atoms. The molecule has 202 valence electrons. The summed E-state index contributed by atoms with van der Waals surface area (Å²) in [7, 11) is 0. The normalized spacial score (nSPS) is 16.7. The summed E-state index contributed by atoms with van der Waals surface area (Å²) in [4.78, 5) is 0. The lowest BCUT2D eigenvalue weighted by atomic mass is 9.78. The molecule has 0 fully saturated rings. The van der Waals surface area contributed by atoms with E-state index in [2.05, 4.69) is 104 Å². The molecule has 1 heterocycles. The Balaban J connectivity index is 1.32. The highest BCUT2D eigenvalue weighted by Crippen LogP contribution is 2.51. The lowest BCUT2D eigenvalue weighted by Crippen LogP contribution is -2.35. The Labute approximate surface area is 246 Å². The Bertz CT molecular complexity index is 1970. The summed E-state index contributed by atoms with van der Waals surface area (Å²) >= 11 is 0. The van der Waals surface area contributed by atoms with E-state index in [-0.39, 0.29) is 0 Å². The minimum Gasteiger partial charge on any atom is -0.473 e. The first kappa shape index (κ1) is 24.7. The molecule has 1 aliphatic heterocycles. The van der Waals surface area contributed by atoms with Gasteiger partial charge in [0, 0.05) is 22.3 Å². The van der Waals surface area contributed by atoms with Crippen molar-refractivity contribution in [1.29, 1.82) is 0 Å². The van der Waals surface area contributed by atoms with E-state index in [1.807, 2.05) is 42.5 Å². The SMILES string of the molecule is Cc1ccc(C2(c3ccc(Oc4ccccc4)cc3)C=Cc3c(c4c(c5ccccc35)-c3ccccc3CC4)O2)cc1. The maximum atomic E-state index is 7.38. The van der Waals surface area contributed by atoms with Crippen LogP contribution in [0.5, 0.6) is 17.2 Å². The second-order valence-corrected chi connectivity index (χ2v) is 11.3. The lowest BCUT2D eigenvalue weighted by molar-refractivity contribution is 0.159. The van der Waals surface area contributed by atoms with E-state index in [0.717, 1.165) is 46.8 Å². The van der Waals surface area contributed by atoms with Crippen LogP contribution >= 0.6 is 0 Å². The second kappa shape index (κ2) is 9.78. The van der Waals surface area contributed by atoms with Crippen molar-refractivity contribution in [2.45, 2.75) is 25.4 Å². The lowest BCUT2D eigenvalue weighted by Gasteiger charge is -2.39. The molecule has 0 saturated carbocycles. The molecule has 0 spiro atoms. The highest BCUT2D eigenvalue weighted by Gasteiger charge is 2.39. The highest BCUT2D eigenvalue weighted by atomic mass is 16.5. The number of rotatable bonds is 4. The molecule has 1 unspecified atom stereocenters. The molecule has 0 N–H and O–H groups in total. The van der Waals surface area contributed by atoms with Gasteiger partial charge in [-0.1, -0.05) is 109 Å². The van der Waals surface area contributed by atoms with Gasteiger partial charge in [0.1, 0.15) is 17.2 Å². The number of hydrogen-bond donors (Lipinski definition) is 0. The Hall–Kier alpha value is -5.08. The largest absolute Gasteiger partial charge is 0.473 e. The molecular weight excluding hydrogens is 512 g/mol.